The van der Waals surface area contributed by atoms with Gasteiger partial charge in [0.25, 0.3) is 11.8 Å². The number of rotatable bonds is 3. The lowest BCUT2D eigenvalue weighted by atomic mass is 10.0. The molecule has 2 heterocycles. The molecule has 132 valence electrons. The third-order valence-corrected chi connectivity index (χ3v) is 4.58. The van der Waals surface area contributed by atoms with Gasteiger partial charge in [-0.05, 0) is 24.7 Å². The Kier molecular flexibility index (Phi) is 4.59. The van der Waals surface area contributed by atoms with Crippen LogP contribution in [0.1, 0.15) is 12.5 Å². The number of imide groups is 1. The van der Waals surface area contributed by atoms with Gasteiger partial charge in [0.2, 0.25) is 5.91 Å². The van der Waals surface area contributed by atoms with Crippen molar-refractivity contribution in [2.75, 3.05) is 45.6 Å². The monoisotopic (exact) mass is 342 g/mol. The van der Waals surface area contributed by atoms with E-state index in [1.54, 1.807) is 24.3 Å². The van der Waals surface area contributed by atoms with Crippen LogP contribution in [0.3, 0.4) is 0 Å². The molecule has 1 N–H and O–H groups in total. The molecular weight excluding hydrogens is 320 g/mol. The fourth-order valence-corrected chi connectivity index (χ4v) is 3.13. The number of carbonyl (C=O) groups is 3. The SMILES string of the molecule is CC(=O)Nc1ccc(C2=C(N3CCN(C)CC3)C(=O)N(C)C2=O)cc1. The molecule has 1 saturated heterocycles. The molecule has 2 aliphatic rings. The molecule has 0 aromatic heterocycles. The number of nitrogens with one attached hydrogen (secondary N) is 1. The maximum atomic E-state index is 12.6. The van der Waals surface area contributed by atoms with Gasteiger partial charge in [-0.1, -0.05) is 12.1 Å². The number of benzene rings is 1. The lowest BCUT2D eigenvalue weighted by Crippen LogP contribution is -2.45. The predicted molar refractivity (Wildman–Crippen MR) is 94.5 cm³/mol. The molecule has 3 amide bonds. The number of carbonyl (C=O) groups excluding carboxylic acids is 3. The number of hydrogen-bond acceptors (Lipinski definition) is 5. The maximum Gasteiger partial charge on any atom is 0.277 e. The van der Waals surface area contributed by atoms with Crippen LogP contribution in [0.15, 0.2) is 30.0 Å². The van der Waals surface area contributed by atoms with E-state index in [4.69, 9.17) is 0 Å². The first-order chi connectivity index (χ1) is 11.9. The zero-order valence-corrected chi connectivity index (χ0v) is 14.7. The number of anilines is 1. The largest absolute Gasteiger partial charge is 0.364 e. The minimum atomic E-state index is -0.286. The van der Waals surface area contributed by atoms with Crippen molar-refractivity contribution in [1.29, 1.82) is 0 Å². The van der Waals surface area contributed by atoms with Crippen LogP contribution in [-0.4, -0.2) is 72.7 Å². The van der Waals surface area contributed by atoms with E-state index in [1.165, 1.54) is 18.9 Å². The van der Waals surface area contributed by atoms with Crippen molar-refractivity contribution >= 4 is 29.0 Å². The van der Waals surface area contributed by atoms with Crippen molar-refractivity contribution in [2.24, 2.45) is 0 Å². The molecule has 1 aromatic carbocycles. The van der Waals surface area contributed by atoms with E-state index in [2.05, 4.69) is 10.2 Å². The van der Waals surface area contributed by atoms with Gasteiger partial charge in [0.1, 0.15) is 5.70 Å². The van der Waals surface area contributed by atoms with Gasteiger partial charge in [-0.2, -0.15) is 0 Å². The van der Waals surface area contributed by atoms with Gasteiger partial charge in [-0.25, -0.2) is 0 Å². The van der Waals surface area contributed by atoms with Gasteiger partial charge in [-0.15, -0.1) is 0 Å². The predicted octanol–water partition coefficient (Wildman–Crippen LogP) is 0.602. The van der Waals surface area contributed by atoms with Gasteiger partial charge in [0, 0.05) is 45.8 Å². The Morgan fingerprint density at radius 2 is 1.56 bits per heavy atom. The minimum Gasteiger partial charge on any atom is -0.364 e. The Morgan fingerprint density at radius 1 is 0.960 bits per heavy atom. The van der Waals surface area contributed by atoms with Crippen molar-refractivity contribution in [2.45, 2.75) is 6.92 Å². The first-order valence-electron chi connectivity index (χ1n) is 8.26. The summed E-state index contributed by atoms with van der Waals surface area (Å²) in [5, 5.41) is 2.70. The summed E-state index contributed by atoms with van der Waals surface area (Å²) >= 11 is 0. The zero-order chi connectivity index (χ0) is 18.1. The van der Waals surface area contributed by atoms with Gasteiger partial charge in [-0.3, -0.25) is 19.3 Å². The van der Waals surface area contributed by atoms with Crippen LogP contribution < -0.4 is 5.32 Å². The van der Waals surface area contributed by atoms with E-state index >= 15 is 0 Å². The highest BCUT2D eigenvalue weighted by atomic mass is 16.2. The van der Waals surface area contributed by atoms with Crippen LogP contribution in [-0.2, 0) is 14.4 Å². The van der Waals surface area contributed by atoms with Crippen molar-refractivity contribution < 1.29 is 14.4 Å². The average molecular weight is 342 g/mol. The molecule has 3 rings (SSSR count). The zero-order valence-electron chi connectivity index (χ0n) is 14.7. The highest BCUT2D eigenvalue weighted by Crippen LogP contribution is 2.31. The summed E-state index contributed by atoms with van der Waals surface area (Å²) in [4.78, 5) is 41.8. The summed E-state index contributed by atoms with van der Waals surface area (Å²) in [5.74, 6) is -0.696. The molecule has 7 heteroatoms. The van der Waals surface area contributed by atoms with Crippen LogP contribution in [0.25, 0.3) is 5.57 Å². The van der Waals surface area contributed by atoms with E-state index < -0.39 is 0 Å². The number of hydrogen-bond donors (Lipinski definition) is 1. The average Bonchev–Trinajstić information content (AvgIpc) is 2.80. The molecule has 0 unspecified atom stereocenters. The maximum absolute atomic E-state index is 12.6. The Morgan fingerprint density at radius 3 is 2.12 bits per heavy atom. The second-order valence-electron chi connectivity index (χ2n) is 6.44. The molecule has 25 heavy (non-hydrogen) atoms. The first-order valence-corrected chi connectivity index (χ1v) is 8.26. The number of nitrogens with zero attached hydrogens (tertiary/aromatic N) is 3. The van der Waals surface area contributed by atoms with E-state index in [9.17, 15) is 14.4 Å². The first kappa shape index (κ1) is 17.2. The molecule has 2 aliphatic heterocycles. The quantitative estimate of drug-likeness (QED) is 0.815. The third kappa shape index (κ3) is 3.28. The van der Waals surface area contributed by atoms with Crippen molar-refractivity contribution in [3.8, 4) is 0 Å². The summed E-state index contributed by atoms with van der Waals surface area (Å²) in [6, 6.07) is 7.00. The third-order valence-electron chi connectivity index (χ3n) is 4.58. The molecule has 1 aromatic rings. The van der Waals surface area contributed by atoms with Crippen LogP contribution in [0.2, 0.25) is 0 Å². The molecule has 0 spiro atoms. The second-order valence-corrected chi connectivity index (χ2v) is 6.44. The summed E-state index contributed by atoms with van der Waals surface area (Å²) in [6.45, 7) is 4.57. The summed E-state index contributed by atoms with van der Waals surface area (Å²) < 4.78 is 0. The smallest absolute Gasteiger partial charge is 0.277 e. The molecule has 0 radical (unpaired) electrons. The Labute approximate surface area is 146 Å². The normalized spacial score (nSPS) is 19.0. The standard InChI is InChI=1S/C18H22N4O3/c1-12(23)19-14-6-4-13(5-7-14)15-16(18(25)21(3)17(15)24)22-10-8-20(2)9-11-22/h4-7H,8-11H2,1-3H3,(H,19,23). The van der Waals surface area contributed by atoms with Gasteiger partial charge in [0.15, 0.2) is 0 Å². The summed E-state index contributed by atoms with van der Waals surface area (Å²) in [6.07, 6.45) is 0. The number of amides is 3. The highest BCUT2D eigenvalue weighted by molar-refractivity contribution is 6.35. The van der Waals surface area contributed by atoms with Crippen molar-refractivity contribution in [3.05, 3.63) is 35.5 Å². The van der Waals surface area contributed by atoms with Crippen LogP contribution in [0.4, 0.5) is 5.69 Å². The van der Waals surface area contributed by atoms with Gasteiger partial charge >= 0.3 is 0 Å². The van der Waals surface area contributed by atoms with Crippen LogP contribution >= 0.6 is 0 Å². The molecule has 1 fully saturated rings. The lowest BCUT2D eigenvalue weighted by Gasteiger charge is -2.34. The summed E-state index contributed by atoms with van der Waals surface area (Å²) in [5.41, 5.74) is 2.26. The Bertz CT molecular complexity index is 746. The molecule has 0 bridgehead atoms. The molecule has 0 saturated carbocycles. The fraction of sp³-hybridized carbons (Fsp3) is 0.389. The van der Waals surface area contributed by atoms with Crippen LogP contribution in [0.5, 0.6) is 0 Å². The minimum absolute atomic E-state index is 0.156. The van der Waals surface area contributed by atoms with Crippen molar-refractivity contribution in [1.82, 2.24) is 14.7 Å². The van der Waals surface area contributed by atoms with E-state index in [1.807, 2.05) is 11.9 Å². The molecular formula is C18H22N4O3. The van der Waals surface area contributed by atoms with E-state index in [0.717, 1.165) is 13.1 Å². The Hall–Kier alpha value is -2.67. The number of piperazine rings is 1. The molecule has 7 nitrogen and oxygen atoms in total. The van der Waals surface area contributed by atoms with Crippen molar-refractivity contribution in [3.63, 3.8) is 0 Å². The lowest BCUT2D eigenvalue weighted by molar-refractivity contribution is -0.136. The van der Waals surface area contributed by atoms with Crippen LogP contribution in [0, 0.1) is 0 Å². The van der Waals surface area contributed by atoms with E-state index in [0.29, 0.717) is 35.6 Å². The molecule has 0 aliphatic carbocycles. The highest BCUT2D eigenvalue weighted by Gasteiger charge is 2.39. The van der Waals surface area contributed by atoms with Gasteiger partial charge in [0.05, 0.1) is 5.57 Å². The second kappa shape index (κ2) is 6.68. The summed E-state index contributed by atoms with van der Waals surface area (Å²) in [7, 11) is 3.56. The molecule has 0 atom stereocenters. The van der Waals surface area contributed by atoms with Gasteiger partial charge < -0.3 is 15.1 Å². The fourth-order valence-electron chi connectivity index (χ4n) is 3.13. The van der Waals surface area contributed by atoms with E-state index in [-0.39, 0.29) is 17.7 Å². The topological polar surface area (TPSA) is 73.0 Å². The number of likely N-dealkylation sites (N-methyl/N-ethyl adjacent to an activating group) is 2. The Balaban J connectivity index is 1.97.